The Balaban J connectivity index is 1.50. The van der Waals surface area contributed by atoms with E-state index in [-0.39, 0.29) is 11.9 Å². The lowest BCUT2D eigenvalue weighted by Gasteiger charge is -2.38. The van der Waals surface area contributed by atoms with Crippen LogP contribution in [0.2, 0.25) is 0 Å². The molecule has 128 valence electrons. The Hall–Kier alpha value is -2.37. The van der Waals surface area contributed by atoms with Gasteiger partial charge in [-0.3, -0.25) is 4.79 Å². The number of hydrogen-bond donors (Lipinski definition) is 0. The van der Waals surface area contributed by atoms with Crippen LogP contribution in [0.1, 0.15) is 25.7 Å². The van der Waals surface area contributed by atoms with Gasteiger partial charge in [-0.25, -0.2) is 9.97 Å². The summed E-state index contributed by atoms with van der Waals surface area (Å²) in [6.45, 7) is 2.71. The van der Waals surface area contributed by atoms with E-state index in [0.717, 1.165) is 44.7 Å². The smallest absolute Gasteiger partial charge is 0.222 e. The van der Waals surface area contributed by atoms with Crippen molar-refractivity contribution in [3.05, 3.63) is 43.1 Å². The van der Waals surface area contributed by atoms with Gasteiger partial charge < -0.3 is 14.4 Å². The molecule has 1 saturated heterocycles. The van der Waals surface area contributed by atoms with Gasteiger partial charge in [-0.1, -0.05) is 6.07 Å². The maximum absolute atomic E-state index is 12.5. The van der Waals surface area contributed by atoms with Gasteiger partial charge in [-0.2, -0.15) is 0 Å². The van der Waals surface area contributed by atoms with E-state index in [0.29, 0.717) is 6.42 Å². The summed E-state index contributed by atoms with van der Waals surface area (Å²) in [7, 11) is 1.94. The minimum atomic E-state index is 0.225. The summed E-state index contributed by atoms with van der Waals surface area (Å²) < 4.78 is 2.01. The zero-order valence-electron chi connectivity index (χ0n) is 14.2. The first-order valence-corrected chi connectivity index (χ1v) is 8.61. The minimum absolute atomic E-state index is 0.225. The minimum Gasteiger partial charge on any atom is -0.355 e. The lowest BCUT2D eigenvalue weighted by molar-refractivity contribution is -0.132. The lowest BCUT2D eigenvalue weighted by Crippen LogP contribution is -2.48. The number of piperidine rings is 1. The largest absolute Gasteiger partial charge is 0.355 e. The molecule has 0 N–H and O–H groups in total. The van der Waals surface area contributed by atoms with Crippen LogP contribution in [0.3, 0.4) is 0 Å². The molecular formula is C18H25N5O. The first-order chi connectivity index (χ1) is 11.7. The molecule has 0 saturated carbocycles. The number of hydrogen-bond acceptors (Lipinski definition) is 4. The molecule has 6 heteroatoms. The van der Waals surface area contributed by atoms with Gasteiger partial charge in [0.05, 0.1) is 6.33 Å². The molecule has 6 nitrogen and oxygen atoms in total. The van der Waals surface area contributed by atoms with Crippen LogP contribution >= 0.6 is 0 Å². The molecule has 2 aromatic rings. The second kappa shape index (κ2) is 7.95. The fourth-order valence-corrected chi connectivity index (χ4v) is 3.23. The van der Waals surface area contributed by atoms with Crippen molar-refractivity contribution in [1.29, 1.82) is 0 Å². The lowest BCUT2D eigenvalue weighted by atomic mass is 10.0. The summed E-state index contributed by atoms with van der Waals surface area (Å²) in [5.74, 6) is 1.23. The zero-order chi connectivity index (χ0) is 16.8. The highest BCUT2D eigenvalue weighted by molar-refractivity contribution is 5.76. The first-order valence-electron chi connectivity index (χ1n) is 8.61. The predicted octanol–water partition coefficient (Wildman–Crippen LogP) is 2.19. The Morgan fingerprint density at radius 3 is 3.04 bits per heavy atom. The summed E-state index contributed by atoms with van der Waals surface area (Å²) in [5, 5.41) is 0. The van der Waals surface area contributed by atoms with Crippen molar-refractivity contribution in [3.8, 4) is 0 Å². The highest BCUT2D eigenvalue weighted by Crippen LogP contribution is 2.20. The second-order valence-corrected chi connectivity index (χ2v) is 6.34. The standard InChI is InChI=1S/C18H25N5O/c1-21(18(24)8-5-11-22-13-10-19-15-22)16-6-4-12-23(14-16)17-7-2-3-9-20-17/h2-3,7,9-10,13,15-16H,4-6,8,11-12,14H2,1H3/t16-/m1/s1. The molecule has 1 atom stereocenters. The van der Waals surface area contributed by atoms with Crippen molar-refractivity contribution < 1.29 is 4.79 Å². The molecule has 0 unspecified atom stereocenters. The number of aryl methyl sites for hydroxylation is 1. The predicted molar refractivity (Wildman–Crippen MR) is 93.7 cm³/mol. The normalized spacial score (nSPS) is 17.7. The average Bonchev–Trinajstić information content (AvgIpc) is 3.15. The van der Waals surface area contributed by atoms with Crippen molar-refractivity contribution in [3.63, 3.8) is 0 Å². The quantitative estimate of drug-likeness (QED) is 0.816. The van der Waals surface area contributed by atoms with Crippen LogP contribution in [0.25, 0.3) is 0 Å². The Morgan fingerprint density at radius 2 is 2.29 bits per heavy atom. The number of pyridine rings is 1. The number of nitrogens with zero attached hydrogens (tertiary/aromatic N) is 5. The van der Waals surface area contributed by atoms with Crippen LogP contribution in [0.5, 0.6) is 0 Å². The van der Waals surface area contributed by atoms with Crippen LogP contribution < -0.4 is 4.90 Å². The molecule has 1 aliphatic heterocycles. The maximum Gasteiger partial charge on any atom is 0.222 e. The molecule has 0 bridgehead atoms. The fourth-order valence-electron chi connectivity index (χ4n) is 3.23. The fraction of sp³-hybridized carbons (Fsp3) is 0.500. The number of anilines is 1. The Kier molecular flexibility index (Phi) is 5.46. The number of likely N-dealkylation sites (N-methyl/N-ethyl adjacent to an activating group) is 1. The molecule has 0 aliphatic carbocycles. The van der Waals surface area contributed by atoms with Crippen LogP contribution in [0, 0.1) is 0 Å². The van der Waals surface area contributed by atoms with Gasteiger partial charge in [0.15, 0.2) is 0 Å². The van der Waals surface area contributed by atoms with Gasteiger partial charge in [0, 0.05) is 57.7 Å². The number of imidazole rings is 1. The third-order valence-corrected chi connectivity index (χ3v) is 4.68. The first kappa shape index (κ1) is 16.5. The van der Waals surface area contributed by atoms with Crippen molar-refractivity contribution in [2.24, 2.45) is 0 Å². The number of amides is 1. The van der Waals surface area contributed by atoms with Gasteiger partial charge in [0.2, 0.25) is 5.91 Å². The van der Waals surface area contributed by atoms with E-state index in [1.807, 2.05) is 47.1 Å². The molecule has 24 heavy (non-hydrogen) atoms. The molecule has 1 fully saturated rings. The third-order valence-electron chi connectivity index (χ3n) is 4.68. The van der Waals surface area contributed by atoms with E-state index in [9.17, 15) is 4.79 Å². The zero-order valence-corrected chi connectivity index (χ0v) is 14.2. The number of carbonyl (C=O) groups is 1. The summed E-state index contributed by atoms with van der Waals surface area (Å²) in [6.07, 6.45) is 10.9. The van der Waals surface area contributed by atoms with Crippen LogP contribution in [0.4, 0.5) is 5.82 Å². The molecule has 1 amide bonds. The molecule has 0 radical (unpaired) electrons. The third kappa shape index (κ3) is 4.13. The SMILES string of the molecule is CN(C(=O)CCCn1ccnc1)[C@@H]1CCCN(c2ccccn2)C1. The van der Waals surface area contributed by atoms with E-state index >= 15 is 0 Å². The van der Waals surface area contributed by atoms with Crippen molar-refractivity contribution >= 4 is 11.7 Å². The number of aromatic nitrogens is 3. The van der Waals surface area contributed by atoms with E-state index in [1.165, 1.54) is 0 Å². The summed E-state index contributed by atoms with van der Waals surface area (Å²) in [6, 6.07) is 6.24. The van der Waals surface area contributed by atoms with E-state index in [4.69, 9.17) is 0 Å². The molecule has 0 spiro atoms. The van der Waals surface area contributed by atoms with Crippen LogP contribution in [-0.4, -0.2) is 51.5 Å². The number of rotatable bonds is 6. The summed E-state index contributed by atoms with van der Waals surface area (Å²) in [4.78, 5) is 25.2. The Labute approximate surface area is 143 Å². The van der Waals surface area contributed by atoms with E-state index in [1.54, 1.807) is 12.5 Å². The van der Waals surface area contributed by atoms with Gasteiger partial charge >= 0.3 is 0 Å². The van der Waals surface area contributed by atoms with Crippen LogP contribution in [-0.2, 0) is 11.3 Å². The highest BCUT2D eigenvalue weighted by atomic mass is 16.2. The van der Waals surface area contributed by atoms with Gasteiger partial charge in [-0.15, -0.1) is 0 Å². The molecule has 3 heterocycles. The van der Waals surface area contributed by atoms with Crippen molar-refractivity contribution in [1.82, 2.24) is 19.4 Å². The second-order valence-electron chi connectivity index (χ2n) is 6.34. The van der Waals surface area contributed by atoms with E-state index < -0.39 is 0 Å². The Morgan fingerprint density at radius 1 is 1.38 bits per heavy atom. The molecular weight excluding hydrogens is 302 g/mol. The molecule has 3 rings (SSSR count). The maximum atomic E-state index is 12.5. The molecule has 1 aliphatic rings. The number of carbonyl (C=O) groups excluding carboxylic acids is 1. The summed E-state index contributed by atoms with van der Waals surface area (Å²) >= 11 is 0. The topological polar surface area (TPSA) is 54.3 Å². The van der Waals surface area contributed by atoms with E-state index in [2.05, 4.69) is 14.9 Å². The molecule has 0 aromatic carbocycles. The van der Waals surface area contributed by atoms with Gasteiger partial charge in [0.25, 0.3) is 0 Å². The van der Waals surface area contributed by atoms with Gasteiger partial charge in [-0.05, 0) is 31.4 Å². The monoisotopic (exact) mass is 327 g/mol. The highest BCUT2D eigenvalue weighted by Gasteiger charge is 2.26. The molecule has 2 aromatic heterocycles. The van der Waals surface area contributed by atoms with Crippen LogP contribution in [0.15, 0.2) is 43.1 Å². The Bertz CT molecular complexity index is 628. The average molecular weight is 327 g/mol. The van der Waals surface area contributed by atoms with Crippen molar-refractivity contribution in [2.75, 3.05) is 25.0 Å². The van der Waals surface area contributed by atoms with Crippen molar-refractivity contribution in [2.45, 2.75) is 38.3 Å². The summed E-state index contributed by atoms with van der Waals surface area (Å²) in [5.41, 5.74) is 0. The van der Waals surface area contributed by atoms with Gasteiger partial charge in [0.1, 0.15) is 5.82 Å².